The van der Waals surface area contributed by atoms with Crippen LogP contribution in [0.1, 0.15) is 22.8 Å². The Kier molecular flexibility index (Phi) is 6.40. The molecule has 2 atom stereocenters. The van der Waals surface area contributed by atoms with Gasteiger partial charge in [0.05, 0.1) is 16.6 Å². The van der Waals surface area contributed by atoms with Gasteiger partial charge in [0.15, 0.2) is 0 Å². The number of carboxylic acid groups (broad SMARTS) is 1. The van der Waals surface area contributed by atoms with Gasteiger partial charge >= 0.3 is 12.3 Å². The summed E-state index contributed by atoms with van der Waals surface area (Å²) in [6.07, 6.45) is -5.02. The fourth-order valence-corrected chi connectivity index (χ4v) is 2.49. The molecule has 1 aromatic carbocycles. The maximum Gasteiger partial charge on any atom is 0.473 e. The molecule has 0 saturated heterocycles. The molecule has 0 spiro atoms. The number of aromatic carboxylic acids is 1. The van der Waals surface area contributed by atoms with Crippen molar-refractivity contribution in [3.05, 3.63) is 28.3 Å². The zero-order chi connectivity index (χ0) is 17.9. The molecule has 0 bridgehead atoms. The standard InChI is InChI=1S/C12H13ClF3NO5S/c1-6-3-8(4-9(10(6)13)11(18)19)22-5-7(2)17(23(20)21)12(14,15)16/h3-4,7H,5H2,1-2H3,(H,18,19)(H,20,21)/t7-/m0/s1. The highest BCUT2D eigenvalue weighted by Crippen LogP contribution is 2.28. The number of rotatable bonds is 6. The van der Waals surface area contributed by atoms with Gasteiger partial charge in [-0.2, -0.15) is 13.2 Å². The van der Waals surface area contributed by atoms with E-state index in [0.29, 0.717) is 5.56 Å². The molecule has 1 aromatic rings. The molecule has 2 N–H and O–H groups in total. The quantitative estimate of drug-likeness (QED) is 0.589. The number of alkyl halides is 3. The van der Waals surface area contributed by atoms with Crippen LogP contribution in [-0.2, 0) is 11.3 Å². The Bertz CT molecular complexity index is 625. The lowest BCUT2D eigenvalue weighted by Crippen LogP contribution is -2.47. The van der Waals surface area contributed by atoms with E-state index in [1.807, 2.05) is 0 Å². The molecule has 1 rings (SSSR count). The third kappa shape index (κ3) is 5.06. The van der Waals surface area contributed by atoms with Crippen molar-refractivity contribution in [3.63, 3.8) is 0 Å². The molecule has 0 aliphatic heterocycles. The molecule has 23 heavy (non-hydrogen) atoms. The third-order valence-corrected chi connectivity index (χ3v) is 4.17. The number of benzene rings is 1. The minimum atomic E-state index is -5.02. The lowest BCUT2D eigenvalue weighted by Gasteiger charge is -2.26. The first kappa shape index (κ1) is 19.7. The van der Waals surface area contributed by atoms with Crippen LogP contribution in [0.4, 0.5) is 13.2 Å². The van der Waals surface area contributed by atoms with Crippen molar-refractivity contribution in [1.82, 2.24) is 4.31 Å². The summed E-state index contributed by atoms with van der Waals surface area (Å²) >= 11 is 2.54. The Morgan fingerprint density at radius 2 is 2.04 bits per heavy atom. The second-order valence-electron chi connectivity index (χ2n) is 4.59. The van der Waals surface area contributed by atoms with Crippen molar-refractivity contribution in [1.29, 1.82) is 0 Å². The predicted molar refractivity (Wildman–Crippen MR) is 76.8 cm³/mol. The fourth-order valence-electron chi connectivity index (χ4n) is 1.75. The van der Waals surface area contributed by atoms with E-state index in [0.717, 1.165) is 13.0 Å². The van der Waals surface area contributed by atoms with Crippen LogP contribution in [0.15, 0.2) is 12.1 Å². The van der Waals surface area contributed by atoms with Crippen LogP contribution in [0.3, 0.4) is 0 Å². The average molecular weight is 376 g/mol. The van der Waals surface area contributed by atoms with Gasteiger partial charge in [-0.3, -0.25) is 4.55 Å². The van der Waals surface area contributed by atoms with Crippen LogP contribution >= 0.6 is 11.6 Å². The van der Waals surface area contributed by atoms with Gasteiger partial charge in [-0.05, 0) is 31.5 Å². The van der Waals surface area contributed by atoms with E-state index in [-0.39, 0.29) is 16.3 Å². The number of aryl methyl sites for hydroxylation is 1. The van der Waals surface area contributed by atoms with Crippen LogP contribution in [0, 0.1) is 6.92 Å². The van der Waals surface area contributed by atoms with E-state index < -0.39 is 40.5 Å². The second kappa shape index (κ2) is 7.47. The summed E-state index contributed by atoms with van der Waals surface area (Å²) in [5, 5.41) is 8.98. The Morgan fingerprint density at radius 3 is 2.48 bits per heavy atom. The van der Waals surface area contributed by atoms with E-state index in [9.17, 15) is 22.2 Å². The Labute approximate surface area is 137 Å². The molecule has 0 aliphatic carbocycles. The maximum absolute atomic E-state index is 12.7. The van der Waals surface area contributed by atoms with Crippen LogP contribution in [0.5, 0.6) is 5.75 Å². The molecule has 1 unspecified atom stereocenters. The number of ether oxygens (including phenoxy) is 1. The van der Waals surface area contributed by atoms with Crippen molar-refractivity contribution in [2.45, 2.75) is 26.2 Å². The SMILES string of the molecule is Cc1cc(OC[C@H](C)N(S(=O)O)C(F)(F)F)cc(C(=O)O)c1Cl. The van der Waals surface area contributed by atoms with Gasteiger partial charge in [-0.1, -0.05) is 11.6 Å². The van der Waals surface area contributed by atoms with Gasteiger partial charge in [-0.25, -0.2) is 9.00 Å². The molecule has 0 radical (unpaired) electrons. The molecule has 0 heterocycles. The normalized spacial score (nSPS) is 14.6. The van der Waals surface area contributed by atoms with Gasteiger partial charge in [0.25, 0.3) is 0 Å². The Morgan fingerprint density at radius 1 is 1.48 bits per heavy atom. The topological polar surface area (TPSA) is 87.1 Å². The van der Waals surface area contributed by atoms with Crippen molar-refractivity contribution in [3.8, 4) is 5.75 Å². The van der Waals surface area contributed by atoms with E-state index >= 15 is 0 Å². The van der Waals surface area contributed by atoms with E-state index in [4.69, 9.17) is 26.0 Å². The fraction of sp³-hybridized carbons (Fsp3) is 0.417. The van der Waals surface area contributed by atoms with Gasteiger partial charge in [0, 0.05) is 0 Å². The summed E-state index contributed by atoms with van der Waals surface area (Å²) < 4.78 is 62.0. The second-order valence-corrected chi connectivity index (χ2v) is 5.82. The molecule has 0 fully saturated rings. The number of nitrogens with zero attached hydrogens (tertiary/aromatic N) is 1. The van der Waals surface area contributed by atoms with Gasteiger partial charge < -0.3 is 9.84 Å². The highest BCUT2D eigenvalue weighted by molar-refractivity contribution is 7.76. The van der Waals surface area contributed by atoms with Crippen molar-refractivity contribution < 1.29 is 36.6 Å². The van der Waals surface area contributed by atoms with Gasteiger partial charge in [0.2, 0.25) is 11.3 Å². The van der Waals surface area contributed by atoms with Gasteiger partial charge in [-0.15, -0.1) is 4.31 Å². The summed E-state index contributed by atoms with van der Waals surface area (Å²) in [6.45, 7) is 1.96. The summed E-state index contributed by atoms with van der Waals surface area (Å²) in [4.78, 5) is 11.0. The zero-order valence-corrected chi connectivity index (χ0v) is 13.5. The molecule has 0 aromatic heterocycles. The van der Waals surface area contributed by atoms with Crippen molar-refractivity contribution in [2.24, 2.45) is 0 Å². The first-order valence-electron chi connectivity index (χ1n) is 6.08. The molecule has 6 nitrogen and oxygen atoms in total. The molecule has 11 heteroatoms. The first-order chi connectivity index (χ1) is 10.4. The van der Waals surface area contributed by atoms with Gasteiger partial charge in [0.1, 0.15) is 12.4 Å². The Balaban J connectivity index is 2.93. The van der Waals surface area contributed by atoms with E-state index in [1.54, 1.807) is 0 Å². The number of hydrogen-bond acceptors (Lipinski definition) is 3. The number of hydrogen-bond donors (Lipinski definition) is 2. The molecule has 130 valence electrons. The highest BCUT2D eigenvalue weighted by Gasteiger charge is 2.44. The molecule has 0 saturated carbocycles. The molecular formula is C12H13ClF3NO5S. The minimum Gasteiger partial charge on any atom is -0.492 e. The first-order valence-corrected chi connectivity index (χ1v) is 7.52. The third-order valence-electron chi connectivity index (χ3n) is 2.77. The summed E-state index contributed by atoms with van der Waals surface area (Å²) in [6, 6.07) is 0.943. The van der Waals surface area contributed by atoms with Crippen molar-refractivity contribution in [2.75, 3.05) is 6.61 Å². The monoisotopic (exact) mass is 375 g/mol. The lowest BCUT2D eigenvalue weighted by molar-refractivity contribution is -0.221. The van der Waals surface area contributed by atoms with E-state index in [2.05, 4.69) is 0 Å². The Hall–Kier alpha value is -1.36. The molecular weight excluding hydrogens is 363 g/mol. The van der Waals surface area contributed by atoms with Crippen LogP contribution in [0.2, 0.25) is 5.02 Å². The van der Waals surface area contributed by atoms with Crippen LogP contribution in [-0.4, -0.2) is 43.1 Å². The summed E-state index contributed by atoms with van der Waals surface area (Å²) in [5.74, 6) is -1.33. The molecule has 0 amide bonds. The predicted octanol–water partition coefficient (Wildman–Crippen LogP) is 3.07. The number of carbonyl (C=O) groups is 1. The zero-order valence-electron chi connectivity index (χ0n) is 11.9. The largest absolute Gasteiger partial charge is 0.492 e. The average Bonchev–Trinajstić information content (AvgIpc) is 2.37. The minimum absolute atomic E-state index is 0.00808. The molecule has 0 aliphatic rings. The van der Waals surface area contributed by atoms with Crippen molar-refractivity contribution >= 4 is 28.8 Å². The van der Waals surface area contributed by atoms with E-state index in [1.165, 1.54) is 13.0 Å². The summed E-state index contributed by atoms with van der Waals surface area (Å²) in [5.41, 5.74) is 0.111. The van der Waals surface area contributed by atoms with Crippen LogP contribution < -0.4 is 4.74 Å². The maximum atomic E-state index is 12.7. The number of halogens is 4. The number of carboxylic acids is 1. The van der Waals surface area contributed by atoms with Crippen LogP contribution in [0.25, 0.3) is 0 Å². The lowest BCUT2D eigenvalue weighted by atomic mass is 10.1. The summed E-state index contributed by atoms with van der Waals surface area (Å²) in [7, 11) is 0. The highest BCUT2D eigenvalue weighted by atomic mass is 35.5. The smallest absolute Gasteiger partial charge is 0.473 e.